The summed E-state index contributed by atoms with van der Waals surface area (Å²) in [6.45, 7) is 2.78. The molecule has 2 aromatic carbocycles. The van der Waals surface area contributed by atoms with E-state index in [4.69, 9.17) is 0 Å². The number of aromatic nitrogens is 3. The van der Waals surface area contributed by atoms with Crippen LogP contribution < -0.4 is 11.0 Å². The number of likely N-dealkylation sites (tertiary alicyclic amines) is 1. The number of amides is 2. The number of aromatic amines is 1. The third-order valence-electron chi connectivity index (χ3n) is 6.44. The molecule has 2 N–H and O–H groups in total. The Kier molecular flexibility index (Phi) is 5.77. The molecule has 0 radical (unpaired) electrons. The standard InChI is InChI=1S/C25H26FN5O3/c1-15(32)27-20-4-2-3-18(12-20)19-7-8-22(21(26)13-19)31-23(28-29-25(31)34)11-16-9-10-30(14-16)24(33)17-5-6-17/h2-4,7-8,12-13,16-17H,5-6,9-11,14H2,1H3,(H,27,32)(H,29,34). The van der Waals surface area contributed by atoms with Crippen LogP contribution >= 0.6 is 0 Å². The summed E-state index contributed by atoms with van der Waals surface area (Å²) in [7, 11) is 0. The smallest absolute Gasteiger partial charge is 0.342 e. The van der Waals surface area contributed by atoms with Crippen molar-refractivity contribution in [3.05, 3.63) is 64.6 Å². The third kappa shape index (κ3) is 4.50. The van der Waals surface area contributed by atoms with Crippen LogP contribution in [-0.4, -0.2) is 44.6 Å². The summed E-state index contributed by atoms with van der Waals surface area (Å²) in [6.07, 6.45) is 3.27. The van der Waals surface area contributed by atoms with Gasteiger partial charge in [-0.05, 0) is 60.6 Å². The maximum Gasteiger partial charge on any atom is 0.348 e. The summed E-state index contributed by atoms with van der Waals surface area (Å²) in [4.78, 5) is 38.1. The molecule has 0 spiro atoms. The topological polar surface area (TPSA) is 100 Å². The van der Waals surface area contributed by atoms with E-state index in [1.54, 1.807) is 30.3 Å². The summed E-state index contributed by atoms with van der Waals surface area (Å²) >= 11 is 0. The first-order chi connectivity index (χ1) is 16.4. The van der Waals surface area contributed by atoms with Crippen LogP contribution in [0.4, 0.5) is 10.1 Å². The predicted octanol–water partition coefficient (Wildman–Crippen LogP) is 3.13. The zero-order valence-electron chi connectivity index (χ0n) is 18.9. The molecule has 1 unspecified atom stereocenters. The molecule has 176 valence electrons. The van der Waals surface area contributed by atoms with Crippen LogP contribution in [0.25, 0.3) is 16.8 Å². The van der Waals surface area contributed by atoms with Gasteiger partial charge >= 0.3 is 5.69 Å². The second-order valence-corrected chi connectivity index (χ2v) is 9.13. The second-order valence-electron chi connectivity index (χ2n) is 9.13. The van der Waals surface area contributed by atoms with Gasteiger partial charge in [0, 0.05) is 38.0 Å². The van der Waals surface area contributed by atoms with E-state index in [1.165, 1.54) is 17.6 Å². The summed E-state index contributed by atoms with van der Waals surface area (Å²) in [5.41, 5.74) is 1.60. The zero-order valence-corrected chi connectivity index (χ0v) is 18.9. The van der Waals surface area contributed by atoms with Crippen LogP contribution in [0.5, 0.6) is 0 Å². The van der Waals surface area contributed by atoms with Crippen molar-refractivity contribution < 1.29 is 14.0 Å². The molecule has 1 aliphatic carbocycles. The maximum atomic E-state index is 15.2. The van der Waals surface area contributed by atoms with Crippen LogP contribution in [0.3, 0.4) is 0 Å². The maximum absolute atomic E-state index is 15.2. The third-order valence-corrected chi connectivity index (χ3v) is 6.44. The molecule has 2 aliphatic rings. The molecule has 1 atom stereocenters. The van der Waals surface area contributed by atoms with E-state index in [1.807, 2.05) is 11.0 Å². The number of nitrogens with one attached hydrogen (secondary N) is 2. The van der Waals surface area contributed by atoms with Crippen LogP contribution in [-0.2, 0) is 16.0 Å². The lowest BCUT2D eigenvalue weighted by Crippen LogP contribution is -2.30. The van der Waals surface area contributed by atoms with Gasteiger partial charge in [0.25, 0.3) is 0 Å². The first-order valence-electron chi connectivity index (χ1n) is 11.5. The molecule has 34 heavy (non-hydrogen) atoms. The van der Waals surface area contributed by atoms with Gasteiger partial charge in [-0.2, -0.15) is 5.10 Å². The van der Waals surface area contributed by atoms with Crippen molar-refractivity contribution in [2.45, 2.75) is 32.6 Å². The highest BCUT2D eigenvalue weighted by Crippen LogP contribution is 2.33. The number of hydrogen-bond donors (Lipinski definition) is 2. The minimum Gasteiger partial charge on any atom is -0.342 e. The predicted molar refractivity (Wildman–Crippen MR) is 125 cm³/mol. The average Bonchev–Trinajstić information content (AvgIpc) is 3.46. The molecular weight excluding hydrogens is 437 g/mol. The fourth-order valence-electron chi connectivity index (χ4n) is 4.61. The number of hydrogen-bond acceptors (Lipinski definition) is 4. The van der Waals surface area contributed by atoms with Gasteiger partial charge < -0.3 is 10.2 Å². The van der Waals surface area contributed by atoms with Crippen LogP contribution in [0.2, 0.25) is 0 Å². The van der Waals surface area contributed by atoms with Gasteiger partial charge in [0.2, 0.25) is 11.8 Å². The SMILES string of the molecule is CC(=O)Nc1cccc(-c2ccc(-n3c(CC4CCN(C(=O)C5CC5)C4)n[nH]c3=O)c(F)c2)c1. The van der Waals surface area contributed by atoms with Gasteiger partial charge in [-0.25, -0.2) is 18.9 Å². The van der Waals surface area contributed by atoms with Crippen molar-refractivity contribution in [3.63, 3.8) is 0 Å². The first kappa shape index (κ1) is 22.1. The average molecular weight is 464 g/mol. The Morgan fingerprint density at radius 3 is 2.68 bits per heavy atom. The normalized spacial score (nSPS) is 17.7. The summed E-state index contributed by atoms with van der Waals surface area (Å²) in [6, 6.07) is 11.8. The van der Waals surface area contributed by atoms with E-state index in [9.17, 15) is 14.4 Å². The summed E-state index contributed by atoms with van der Waals surface area (Å²) < 4.78 is 16.5. The van der Waals surface area contributed by atoms with Gasteiger partial charge in [-0.15, -0.1) is 0 Å². The van der Waals surface area contributed by atoms with Crippen LogP contribution in [0, 0.1) is 17.7 Å². The molecule has 2 fully saturated rings. The number of anilines is 1. The minimum atomic E-state index is -0.552. The van der Waals surface area contributed by atoms with Crippen molar-refractivity contribution >= 4 is 17.5 Å². The molecule has 5 rings (SSSR count). The Bertz CT molecular complexity index is 1310. The molecule has 1 saturated heterocycles. The van der Waals surface area contributed by atoms with Gasteiger partial charge in [-0.1, -0.05) is 18.2 Å². The van der Waals surface area contributed by atoms with E-state index in [2.05, 4.69) is 15.5 Å². The van der Waals surface area contributed by atoms with Crippen molar-refractivity contribution in [2.75, 3.05) is 18.4 Å². The largest absolute Gasteiger partial charge is 0.348 e. The number of nitrogens with zero attached hydrogens (tertiary/aromatic N) is 3. The summed E-state index contributed by atoms with van der Waals surface area (Å²) in [5.74, 6) is 0.308. The highest BCUT2D eigenvalue weighted by atomic mass is 19.1. The number of benzene rings is 2. The Morgan fingerprint density at radius 1 is 1.15 bits per heavy atom. The van der Waals surface area contributed by atoms with Gasteiger partial charge in [0.15, 0.2) is 0 Å². The Morgan fingerprint density at radius 2 is 1.94 bits per heavy atom. The molecule has 3 aromatic rings. The lowest BCUT2D eigenvalue weighted by atomic mass is 10.0. The quantitative estimate of drug-likeness (QED) is 0.587. The van der Waals surface area contributed by atoms with Crippen LogP contribution in [0.15, 0.2) is 47.3 Å². The number of halogens is 1. The van der Waals surface area contributed by atoms with E-state index < -0.39 is 11.5 Å². The zero-order chi connectivity index (χ0) is 23.8. The number of carbonyl (C=O) groups is 2. The van der Waals surface area contributed by atoms with Crippen LogP contribution in [0.1, 0.15) is 32.0 Å². The van der Waals surface area contributed by atoms with E-state index >= 15 is 4.39 Å². The monoisotopic (exact) mass is 463 g/mol. The summed E-state index contributed by atoms with van der Waals surface area (Å²) in [5, 5.41) is 9.31. The first-order valence-corrected chi connectivity index (χ1v) is 11.5. The molecule has 0 bridgehead atoms. The van der Waals surface area contributed by atoms with Crippen molar-refractivity contribution in [1.82, 2.24) is 19.7 Å². The highest BCUT2D eigenvalue weighted by Gasteiger charge is 2.37. The molecular formula is C25H26FN5O3. The minimum absolute atomic E-state index is 0.124. The molecule has 1 saturated carbocycles. The Labute approximate surface area is 195 Å². The molecule has 2 amide bonds. The number of rotatable bonds is 6. The van der Waals surface area contributed by atoms with Crippen molar-refractivity contribution in [2.24, 2.45) is 11.8 Å². The van der Waals surface area contributed by atoms with E-state index in [-0.39, 0.29) is 29.3 Å². The molecule has 1 aromatic heterocycles. The number of H-pyrrole nitrogens is 1. The van der Waals surface area contributed by atoms with Crippen molar-refractivity contribution in [3.8, 4) is 16.8 Å². The Balaban J connectivity index is 1.37. The molecule has 8 nitrogen and oxygen atoms in total. The van der Waals surface area contributed by atoms with Gasteiger partial charge in [0.05, 0.1) is 5.69 Å². The molecule has 1 aliphatic heterocycles. The van der Waals surface area contributed by atoms with Crippen molar-refractivity contribution in [1.29, 1.82) is 0 Å². The molecule has 9 heteroatoms. The molecule has 2 heterocycles. The lowest BCUT2D eigenvalue weighted by Gasteiger charge is -2.16. The van der Waals surface area contributed by atoms with E-state index in [0.29, 0.717) is 30.0 Å². The lowest BCUT2D eigenvalue weighted by molar-refractivity contribution is -0.131. The Hall–Kier alpha value is -3.75. The fraction of sp³-hybridized carbons (Fsp3) is 0.360. The second kappa shape index (κ2) is 8.89. The van der Waals surface area contributed by atoms with Gasteiger partial charge in [-0.3, -0.25) is 9.59 Å². The fourth-order valence-corrected chi connectivity index (χ4v) is 4.61. The highest BCUT2D eigenvalue weighted by molar-refractivity contribution is 5.89. The van der Waals surface area contributed by atoms with Gasteiger partial charge in [0.1, 0.15) is 11.6 Å². The van der Waals surface area contributed by atoms with E-state index in [0.717, 1.165) is 31.4 Å². The number of carbonyl (C=O) groups excluding carboxylic acids is 2.